The molecule has 2 rings (SSSR count). The van der Waals surface area contributed by atoms with Crippen LogP contribution in [0.1, 0.15) is 25.8 Å². The van der Waals surface area contributed by atoms with Gasteiger partial charge in [0, 0.05) is 12.6 Å². The first-order valence-electron chi connectivity index (χ1n) is 7.17. The summed E-state index contributed by atoms with van der Waals surface area (Å²) in [6.07, 6.45) is 8.01. The third kappa shape index (κ3) is 4.99. The van der Waals surface area contributed by atoms with Gasteiger partial charge in [-0.25, -0.2) is 0 Å². The molecular formula is C17H21NO3. The van der Waals surface area contributed by atoms with E-state index in [1.165, 1.54) is 6.08 Å². The zero-order chi connectivity index (χ0) is 15.1. The molecule has 1 aliphatic heterocycles. The van der Waals surface area contributed by atoms with Crippen molar-refractivity contribution < 1.29 is 14.3 Å². The molecule has 1 N–H and O–H groups in total. The fourth-order valence-corrected chi connectivity index (χ4v) is 1.87. The lowest BCUT2D eigenvalue weighted by Crippen LogP contribution is -2.23. The molecule has 0 spiro atoms. The minimum atomic E-state index is -0.0639. The van der Waals surface area contributed by atoms with Crippen molar-refractivity contribution >= 4 is 12.0 Å². The van der Waals surface area contributed by atoms with Crippen molar-refractivity contribution in [3.05, 3.63) is 42.0 Å². The number of hydrogen-bond donors (Lipinski definition) is 1. The van der Waals surface area contributed by atoms with E-state index in [1.54, 1.807) is 6.08 Å². The summed E-state index contributed by atoms with van der Waals surface area (Å²) in [5, 5.41) is 2.85. The molecular weight excluding hydrogens is 266 g/mol. The molecule has 0 radical (unpaired) electrons. The quantitative estimate of drug-likeness (QED) is 0.646. The van der Waals surface area contributed by atoms with Crippen LogP contribution in [-0.4, -0.2) is 19.2 Å². The van der Waals surface area contributed by atoms with Crippen molar-refractivity contribution in [2.75, 3.05) is 13.3 Å². The van der Waals surface area contributed by atoms with E-state index in [0.717, 1.165) is 23.5 Å². The highest BCUT2D eigenvalue weighted by Crippen LogP contribution is 2.32. The topological polar surface area (TPSA) is 47.6 Å². The first-order chi connectivity index (χ1) is 10.1. The van der Waals surface area contributed by atoms with Crippen molar-refractivity contribution in [1.29, 1.82) is 0 Å². The molecule has 0 aliphatic carbocycles. The summed E-state index contributed by atoms with van der Waals surface area (Å²) < 4.78 is 10.6. The molecule has 1 aliphatic rings. The monoisotopic (exact) mass is 287 g/mol. The van der Waals surface area contributed by atoms with Gasteiger partial charge >= 0.3 is 0 Å². The van der Waals surface area contributed by atoms with Gasteiger partial charge in [0.25, 0.3) is 0 Å². The third-order valence-electron chi connectivity index (χ3n) is 3.06. The van der Waals surface area contributed by atoms with Gasteiger partial charge in [-0.1, -0.05) is 38.1 Å². The van der Waals surface area contributed by atoms with E-state index in [1.807, 2.05) is 30.4 Å². The van der Waals surface area contributed by atoms with E-state index < -0.39 is 0 Å². The van der Waals surface area contributed by atoms with Crippen LogP contribution in [0.3, 0.4) is 0 Å². The molecule has 0 unspecified atom stereocenters. The number of benzene rings is 1. The predicted octanol–water partition coefficient (Wildman–Crippen LogP) is 3.15. The Kier molecular flexibility index (Phi) is 5.43. The largest absolute Gasteiger partial charge is 0.454 e. The minimum Gasteiger partial charge on any atom is -0.454 e. The molecule has 1 aromatic carbocycles. The maximum Gasteiger partial charge on any atom is 0.243 e. The number of fused-ring (bicyclic) bond motifs is 1. The average Bonchev–Trinajstić information content (AvgIpc) is 2.90. The highest BCUT2D eigenvalue weighted by atomic mass is 16.7. The van der Waals surface area contributed by atoms with E-state index in [0.29, 0.717) is 12.5 Å². The highest BCUT2D eigenvalue weighted by molar-refractivity contribution is 5.87. The Bertz CT molecular complexity index is 547. The maximum absolute atomic E-state index is 11.5. The van der Waals surface area contributed by atoms with Crippen molar-refractivity contribution in [1.82, 2.24) is 5.32 Å². The zero-order valence-corrected chi connectivity index (χ0v) is 12.5. The van der Waals surface area contributed by atoms with Gasteiger partial charge in [0.2, 0.25) is 12.7 Å². The number of rotatable bonds is 6. The summed E-state index contributed by atoms with van der Waals surface area (Å²) >= 11 is 0. The van der Waals surface area contributed by atoms with Gasteiger partial charge in [-0.05, 0) is 30.0 Å². The number of carbonyl (C=O) groups is 1. The molecule has 0 aromatic heterocycles. The third-order valence-corrected chi connectivity index (χ3v) is 3.06. The Morgan fingerprint density at radius 2 is 2.10 bits per heavy atom. The Balaban J connectivity index is 1.79. The van der Waals surface area contributed by atoms with Crippen LogP contribution in [0.4, 0.5) is 0 Å². The summed E-state index contributed by atoms with van der Waals surface area (Å²) in [4.78, 5) is 11.5. The van der Waals surface area contributed by atoms with Crippen LogP contribution in [-0.2, 0) is 4.79 Å². The molecule has 1 heterocycles. The van der Waals surface area contributed by atoms with Gasteiger partial charge in [0.1, 0.15) is 0 Å². The van der Waals surface area contributed by atoms with E-state index in [2.05, 4.69) is 19.2 Å². The number of ether oxygens (including phenoxy) is 2. The van der Waals surface area contributed by atoms with Gasteiger partial charge in [-0.2, -0.15) is 0 Å². The Hall–Kier alpha value is -2.23. The summed E-state index contributed by atoms with van der Waals surface area (Å²) in [7, 11) is 0. The Morgan fingerprint density at radius 3 is 2.90 bits per heavy atom. The molecule has 0 saturated carbocycles. The normalized spacial score (nSPS) is 13.5. The van der Waals surface area contributed by atoms with Crippen LogP contribution >= 0.6 is 0 Å². The molecule has 21 heavy (non-hydrogen) atoms. The van der Waals surface area contributed by atoms with Crippen LogP contribution in [0.15, 0.2) is 36.4 Å². The molecule has 1 aromatic rings. The van der Waals surface area contributed by atoms with Gasteiger partial charge in [-0.15, -0.1) is 0 Å². The van der Waals surface area contributed by atoms with E-state index in [-0.39, 0.29) is 12.7 Å². The number of hydrogen-bond acceptors (Lipinski definition) is 3. The van der Waals surface area contributed by atoms with E-state index >= 15 is 0 Å². The highest BCUT2D eigenvalue weighted by Gasteiger charge is 2.11. The standard InChI is InChI=1S/C17H21NO3/c1-13(2)9-10-18-17(19)6-4-3-5-14-7-8-15-16(11-14)21-12-20-15/h3-8,11,13H,9-10,12H2,1-2H3,(H,18,19)/b5-3+,6-4+. The van der Waals surface area contributed by atoms with Crippen LogP contribution in [0.5, 0.6) is 11.5 Å². The van der Waals surface area contributed by atoms with E-state index in [4.69, 9.17) is 9.47 Å². The lowest BCUT2D eigenvalue weighted by Gasteiger charge is -2.04. The second-order valence-electron chi connectivity index (χ2n) is 5.30. The molecule has 0 bridgehead atoms. The number of nitrogens with one attached hydrogen (secondary N) is 1. The number of carbonyl (C=O) groups excluding carboxylic acids is 1. The van der Waals surface area contributed by atoms with E-state index in [9.17, 15) is 4.79 Å². The molecule has 4 nitrogen and oxygen atoms in total. The summed E-state index contributed by atoms with van der Waals surface area (Å²) in [6.45, 7) is 5.26. The summed E-state index contributed by atoms with van der Waals surface area (Å²) in [5.74, 6) is 2.06. The Morgan fingerprint density at radius 1 is 1.29 bits per heavy atom. The lowest BCUT2D eigenvalue weighted by atomic mass is 10.1. The minimum absolute atomic E-state index is 0.0639. The van der Waals surface area contributed by atoms with Crippen LogP contribution in [0, 0.1) is 5.92 Å². The van der Waals surface area contributed by atoms with Crippen molar-refractivity contribution in [2.24, 2.45) is 5.92 Å². The molecule has 1 amide bonds. The van der Waals surface area contributed by atoms with Crippen molar-refractivity contribution in [2.45, 2.75) is 20.3 Å². The number of allylic oxidation sites excluding steroid dienone is 2. The maximum atomic E-state index is 11.5. The molecule has 0 saturated heterocycles. The van der Waals surface area contributed by atoms with Gasteiger partial charge in [-0.3, -0.25) is 4.79 Å². The van der Waals surface area contributed by atoms with Gasteiger partial charge in [0.05, 0.1) is 0 Å². The molecule has 4 heteroatoms. The summed E-state index contributed by atoms with van der Waals surface area (Å²) in [6, 6.07) is 5.74. The van der Waals surface area contributed by atoms with Crippen LogP contribution in [0.25, 0.3) is 6.08 Å². The average molecular weight is 287 g/mol. The molecule has 0 fully saturated rings. The fraction of sp³-hybridized carbons (Fsp3) is 0.353. The van der Waals surface area contributed by atoms with Crippen LogP contribution in [0.2, 0.25) is 0 Å². The first-order valence-corrected chi connectivity index (χ1v) is 7.17. The smallest absolute Gasteiger partial charge is 0.243 e. The second kappa shape index (κ2) is 7.53. The molecule has 112 valence electrons. The lowest BCUT2D eigenvalue weighted by molar-refractivity contribution is -0.116. The first kappa shape index (κ1) is 15.2. The SMILES string of the molecule is CC(C)CCNC(=O)/C=C/C=C/c1ccc2c(c1)OCO2. The number of amides is 1. The summed E-state index contributed by atoms with van der Waals surface area (Å²) in [5.41, 5.74) is 1.00. The van der Waals surface area contributed by atoms with Crippen LogP contribution < -0.4 is 14.8 Å². The van der Waals surface area contributed by atoms with Crippen molar-refractivity contribution in [3.8, 4) is 11.5 Å². The Labute approximate surface area is 125 Å². The predicted molar refractivity (Wildman–Crippen MR) is 83.2 cm³/mol. The van der Waals surface area contributed by atoms with Crippen molar-refractivity contribution in [3.63, 3.8) is 0 Å². The second-order valence-corrected chi connectivity index (χ2v) is 5.30. The zero-order valence-electron chi connectivity index (χ0n) is 12.5. The van der Waals surface area contributed by atoms with Gasteiger partial charge < -0.3 is 14.8 Å². The van der Waals surface area contributed by atoms with Gasteiger partial charge in [0.15, 0.2) is 11.5 Å². The fourth-order valence-electron chi connectivity index (χ4n) is 1.87. The molecule has 0 atom stereocenters.